The smallest absolute Gasteiger partial charge is 0.415 e. The lowest BCUT2D eigenvalue weighted by Crippen LogP contribution is -2.61. The molecular weight excluding hydrogens is 273 g/mol. The molecule has 0 bridgehead atoms. The van der Waals surface area contributed by atoms with E-state index in [1.165, 1.54) is 7.11 Å². The van der Waals surface area contributed by atoms with Gasteiger partial charge in [-0.05, 0) is 19.9 Å². The Hall–Kier alpha value is -1.76. The zero-order valence-electron chi connectivity index (χ0n) is 11.4. The number of rotatable bonds is 4. The highest BCUT2D eigenvalue weighted by Gasteiger charge is 2.54. The average molecular weight is 290 g/mol. The number of nitrogens with two attached hydrogens (primary N) is 1. The second-order valence-electron chi connectivity index (χ2n) is 4.64. The molecule has 1 aromatic rings. The van der Waals surface area contributed by atoms with Gasteiger partial charge in [-0.2, -0.15) is 13.2 Å². The summed E-state index contributed by atoms with van der Waals surface area (Å²) in [7, 11) is 1.44. The van der Waals surface area contributed by atoms with Crippen molar-refractivity contribution in [2.24, 2.45) is 5.73 Å². The maximum atomic E-state index is 12.7. The Bertz CT molecular complexity index is 487. The van der Waals surface area contributed by atoms with Crippen LogP contribution in [0.15, 0.2) is 24.3 Å². The second-order valence-corrected chi connectivity index (χ2v) is 4.64. The average Bonchev–Trinajstić information content (AvgIpc) is 2.37. The Morgan fingerprint density at radius 2 is 1.90 bits per heavy atom. The van der Waals surface area contributed by atoms with Crippen molar-refractivity contribution in [3.63, 3.8) is 0 Å². The van der Waals surface area contributed by atoms with Crippen molar-refractivity contribution in [3.8, 4) is 5.75 Å². The van der Waals surface area contributed by atoms with Crippen molar-refractivity contribution in [1.82, 2.24) is 5.32 Å². The summed E-state index contributed by atoms with van der Waals surface area (Å²) in [6.45, 7) is 2.19. The monoisotopic (exact) mass is 290 g/mol. The third kappa shape index (κ3) is 3.22. The summed E-state index contributed by atoms with van der Waals surface area (Å²) in [5.74, 6) is -0.811. The fraction of sp³-hybridized carbons (Fsp3) is 0.462. The fourth-order valence-corrected chi connectivity index (χ4v) is 1.58. The summed E-state index contributed by atoms with van der Waals surface area (Å²) in [6, 6.07) is 6.07. The molecule has 1 aromatic carbocycles. The molecule has 2 unspecified atom stereocenters. The molecule has 4 nitrogen and oxygen atoms in total. The Balaban J connectivity index is 2.91. The van der Waals surface area contributed by atoms with E-state index < -0.39 is 23.7 Å². The lowest BCUT2D eigenvalue weighted by atomic mass is 10.0. The van der Waals surface area contributed by atoms with Gasteiger partial charge in [0.2, 0.25) is 5.91 Å². The molecule has 0 spiro atoms. The molecule has 0 aliphatic heterocycles. The number of methoxy groups -OCH3 is 1. The normalized spacial score (nSPS) is 16.1. The van der Waals surface area contributed by atoms with Gasteiger partial charge >= 0.3 is 6.18 Å². The number of carbonyl (C=O) groups excluding carboxylic acids is 1. The lowest BCUT2D eigenvalue weighted by molar-refractivity contribution is -0.187. The molecule has 1 amide bonds. The van der Waals surface area contributed by atoms with Crippen LogP contribution in [0.25, 0.3) is 0 Å². The van der Waals surface area contributed by atoms with Crippen LogP contribution >= 0.6 is 0 Å². The van der Waals surface area contributed by atoms with Gasteiger partial charge < -0.3 is 15.8 Å². The quantitative estimate of drug-likeness (QED) is 0.893. The van der Waals surface area contributed by atoms with Gasteiger partial charge in [-0.25, -0.2) is 0 Å². The summed E-state index contributed by atoms with van der Waals surface area (Å²) in [5, 5.41) is 2.25. The number of alkyl halides is 3. The first-order valence-corrected chi connectivity index (χ1v) is 5.90. The van der Waals surface area contributed by atoms with Crippen LogP contribution in [0, 0.1) is 0 Å². The summed E-state index contributed by atoms with van der Waals surface area (Å²) < 4.78 is 43.1. The molecule has 0 saturated heterocycles. The molecule has 0 saturated carbocycles. The predicted molar refractivity (Wildman–Crippen MR) is 68.2 cm³/mol. The maximum Gasteiger partial charge on any atom is 0.415 e. The minimum absolute atomic E-state index is 0.478. The summed E-state index contributed by atoms with van der Waals surface area (Å²) >= 11 is 0. The van der Waals surface area contributed by atoms with Crippen LogP contribution in [0.1, 0.15) is 25.5 Å². The van der Waals surface area contributed by atoms with Crippen LogP contribution in [0.4, 0.5) is 13.2 Å². The molecular formula is C13H17F3N2O2. The maximum absolute atomic E-state index is 12.7. The third-order valence-corrected chi connectivity index (χ3v) is 3.01. The first-order valence-electron chi connectivity index (χ1n) is 5.90. The molecule has 0 radical (unpaired) electrons. The van der Waals surface area contributed by atoms with Gasteiger partial charge in [0.15, 0.2) is 5.54 Å². The number of para-hydroxylation sites is 1. The van der Waals surface area contributed by atoms with E-state index >= 15 is 0 Å². The molecule has 2 atom stereocenters. The van der Waals surface area contributed by atoms with Crippen molar-refractivity contribution in [3.05, 3.63) is 29.8 Å². The zero-order chi connectivity index (χ0) is 15.6. The number of halogens is 3. The fourth-order valence-electron chi connectivity index (χ4n) is 1.58. The largest absolute Gasteiger partial charge is 0.496 e. The minimum atomic E-state index is -4.82. The lowest BCUT2D eigenvalue weighted by Gasteiger charge is -2.28. The van der Waals surface area contributed by atoms with Crippen LogP contribution in [-0.2, 0) is 4.79 Å². The molecule has 3 N–H and O–H groups in total. The molecule has 20 heavy (non-hydrogen) atoms. The van der Waals surface area contributed by atoms with E-state index in [0.29, 0.717) is 18.2 Å². The predicted octanol–water partition coefficient (Wildman–Crippen LogP) is 2.15. The van der Waals surface area contributed by atoms with Crippen molar-refractivity contribution < 1.29 is 22.7 Å². The summed E-state index contributed by atoms with van der Waals surface area (Å²) in [5.41, 5.74) is 2.70. The molecule has 1 rings (SSSR count). The number of ether oxygens (including phenoxy) is 1. The van der Waals surface area contributed by atoms with Gasteiger partial charge in [0.25, 0.3) is 0 Å². The van der Waals surface area contributed by atoms with Crippen LogP contribution in [0.5, 0.6) is 5.75 Å². The highest BCUT2D eigenvalue weighted by molar-refractivity contribution is 5.87. The number of carbonyl (C=O) groups is 1. The van der Waals surface area contributed by atoms with E-state index in [4.69, 9.17) is 10.5 Å². The number of amides is 1. The van der Waals surface area contributed by atoms with E-state index in [1.807, 2.05) is 0 Å². The first-order chi connectivity index (χ1) is 9.11. The first kappa shape index (κ1) is 16.3. The van der Waals surface area contributed by atoms with Crippen LogP contribution < -0.4 is 15.8 Å². The van der Waals surface area contributed by atoms with Crippen LogP contribution in [0.3, 0.4) is 0 Å². The van der Waals surface area contributed by atoms with Gasteiger partial charge in [-0.3, -0.25) is 4.79 Å². The highest BCUT2D eigenvalue weighted by Crippen LogP contribution is 2.30. The summed E-state index contributed by atoms with van der Waals surface area (Å²) in [6.07, 6.45) is -4.82. The molecule has 0 heterocycles. The van der Waals surface area contributed by atoms with Gasteiger partial charge in [-0.1, -0.05) is 18.2 Å². The van der Waals surface area contributed by atoms with Crippen molar-refractivity contribution >= 4 is 5.91 Å². The van der Waals surface area contributed by atoms with Crippen molar-refractivity contribution in [2.75, 3.05) is 7.11 Å². The van der Waals surface area contributed by atoms with E-state index in [0.717, 1.165) is 0 Å². The van der Waals surface area contributed by atoms with E-state index in [1.54, 1.807) is 31.2 Å². The SMILES string of the molecule is COc1ccccc1C(C)NC(=O)C(C)(N)C(F)(F)F. The van der Waals surface area contributed by atoms with Crippen molar-refractivity contribution in [2.45, 2.75) is 31.6 Å². The molecule has 0 aliphatic rings. The number of nitrogens with one attached hydrogen (secondary N) is 1. The summed E-state index contributed by atoms with van der Waals surface area (Å²) in [4.78, 5) is 11.7. The van der Waals surface area contributed by atoms with Gasteiger partial charge in [0, 0.05) is 5.56 Å². The standard InChI is InChI=1S/C13H17F3N2O2/c1-8(9-6-4-5-7-10(9)20-3)18-11(19)12(2,17)13(14,15)16/h4-8H,17H2,1-3H3,(H,18,19). The molecule has 112 valence electrons. The topological polar surface area (TPSA) is 64.3 Å². The number of hydrogen-bond donors (Lipinski definition) is 2. The molecule has 0 fully saturated rings. The Morgan fingerprint density at radius 1 is 1.35 bits per heavy atom. The molecule has 7 heteroatoms. The van der Waals surface area contributed by atoms with Crippen LogP contribution in [0.2, 0.25) is 0 Å². The van der Waals surface area contributed by atoms with Gasteiger partial charge in [0.1, 0.15) is 5.75 Å². The zero-order valence-corrected chi connectivity index (χ0v) is 11.4. The minimum Gasteiger partial charge on any atom is -0.496 e. The Labute approximate surface area is 115 Å². The van der Waals surface area contributed by atoms with Gasteiger partial charge in [0.05, 0.1) is 13.2 Å². The molecule has 0 aliphatic carbocycles. The number of hydrogen-bond acceptors (Lipinski definition) is 3. The van der Waals surface area contributed by atoms with E-state index in [2.05, 4.69) is 5.32 Å². The number of benzene rings is 1. The van der Waals surface area contributed by atoms with E-state index in [-0.39, 0.29) is 0 Å². The Kier molecular flexibility index (Phi) is 4.65. The molecule has 0 aromatic heterocycles. The highest BCUT2D eigenvalue weighted by atomic mass is 19.4. The van der Waals surface area contributed by atoms with Crippen molar-refractivity contribution in [1.29, 1.82) is 0 Å². The van der Waals surface area contributed by atoms with E-state index in [9.17, 15) is 18.0 Å². The Morgan fingerprint density at radius 3 is 2.40 bits per heavy atom. The van der Waals surface area contributed by atoms with Crippen LogP contribution in [-0.4, -0.2) is 24.7 Å². The second kappa shape index (κ2) is 5.70. The third-order valence-electron chi connectivity index (χ3n) is 3.01. The van der Waals surface area contributed by atoms with Gasteiger partial charge in [-0.15, -0.1) is 0 Å².